The average molecular weight is 817 g/mol. The molecule has 6 nitrogen and oxygen atoms in total. The molecule has 0 atom stereocenters. The summed E-state index contributed by atoms with van der Waals surface area (Å²) in [5.41, 5.74) is 12.2. The van der Waals surface area contributed by atoms with Crippen LogP contribution in [0.15, 0.2) is 218 Å². The summed E-state index contributed by atoms with van der Waals surface area (Å²) >= 11 is 0. The highest BCUT2D eigenvalue weighted by atomic mass is 15.1. The zero-order valence-electron chi connectivity index (χ0n) is 34.5. The van der Waals surface area contributed by atoms with E-state index in [9.17, 15) is 0 Å². The van der Waals surface area contributed by atoms with Crippen molar-refractivity contribution in [2.45, 2.75) is 0 Å². The molecule has 0 aliphatic rings. The summed E-state index contributed by atoms with van der Waals surface area (Å²) in [4.78, 5) is 21.2. The lowest BCUT2D eigenvalue weighted by atomic mass is 9.97. The van der Waals surface area contributed by atoms with E-state index in [1.807, 2.05) is 18.2 Å². The van der Waals surface area contributed by atoms with E-state index in [0.29, 0.717) is 17.5 Å². The Morgan fingerprint density at radius 2 is 0.828 bits per heavy atom. The molecule has 0 amide bonds. The average Bonchev–Trinajstić information content (AvgIpc) is 3.89. The van der Waals surface area contributed by atoms with Gasteiger partial charge < -0.3 is 9.13 Å². The molecule has 0 spiro atoms. The first-order valence-corrected chi connectivity index (χ1v) is 21.6. The van der Waals surface area contributed by atoms with Crippen LogP contribution in [-0.2, 0) is 0 Å². The second-order valence-corrected chi connectivity index (χ2v) is 16.2. The van der Waals surface area contributed by atoms with E-state index in [2.05, 4.69) is 209 Å². The Morgan fingerprint density at radius 3 is 1.56 bits per heavy atom. The highest BCUT2D eigenvalue weighted by molar-refractivity contribution is 6.21. The Hall–Kier alpha value is -8.74. The van der Waals surface area contributed by atoms with Crippen molar-refractivity contribution in [2.24, 2.45) is 0 Å². The number of pyridine rings is 1. The molecule has 13 rings (SSSR count). The second kappa shape index (κ2) is 14.4. The molecule has 0 saturated carbocycles. The first kappa shape index (κ1) is 36.0. The molecule has 0 radical (unpaired) electrons. The Bertz CT molecular complexity index is 3890. The summed E-state index contributed by atoms with van der Waals surface area (Å²) in [6.45, 7) is 0. The largest absolute Gasteiger partial charge is 0.309 e. The molecule has 13 aromatic rings. The molecular formula is C58H36N6. The third-order valence-electron chi connectivity index (χ3n) is 12.5. The van der Waals surface area contributed by atoms with Gasteiger partial charge >= 0.3 is 0 Å². The number of nitrogens with zero attached hydrogens (tertiary/aromatic N) is 6. The number of para-hydroxylation sites is 5. The highest BCUT2D eigenvalue weighted by Gasteiger charge is 2.23. The Labute approximate surface area is 368 Å². The van der Waals surface area contributed by atoms with Gasteiger partial charge in [0.1, 0.15) is 0 Å². The van der Waals surface area contributed by atoms with Crippen LogP contribution in [0.5, 0.6) is 0 Å². The summed E-state index contributed by atoms with van der Waals surface area (Å²) in [5.74, 6) is 1.80. The molecule has 0 aliphatic carbocycles. The topological polar surface area (TPSA) is 61.4 Å². The second-order valence-electron chi connectivity index (χ2n) is 16.2. The Balaban J connectivity index is 1.09. The number of rotatable bonds is 6. The molecule has 298 valence electrons. The number of hydrogen-bond donors (Lipinski definition) is 0. The predicted octanol–water partition coefficient (Wildman–Crippen LogP) is 14.4. The predicted molar refractivity (Wildman–Crippen MR) is 263 cm³/mol. The maximum Gasteiger partial charge on any atom is 0.166 e. The van der Waals surface area contributed by atoms with Crippen molar-refractivity contribution in [3.63, 3.8) is 0 Å². The van der Waals surface area contributed by atoms with Gasteiger partial charge in [-0.05, 0) is 66.0 Å². The van der Waals surface area contributed by atoms with Crippen LogP contribution in [0.25, 0.3) is 122 Å². The quantitative estimate of drug-likeness (QED) is 0.157. The monoisotopic (exact) mass is 816 g/mol. The van der Waals surface area contributed by atoms with Gasteiger partial charge in [0.15, 0.2) is 17.5 Å². The van der Waals surface area contributed by atoms with E-state index >= 15 is 0 Å². The van der Waals surface area contributed by atoms with Crippen LogP contribution in [-0.4, -0.2) is 29.1 Å². The minimum atomic E-state index is 0.596. The number of fused-ring (bicyclic) bond motifs is 9. The zero-order valence-corrected chi connectivity index (χ0v) is 34.5. The van der Waals surface area contributed by atoms with Crippen LogP contribution < -0.4 is 0 Å². The first-order chi connectivity index (χ1) is 31.7. The third kappa shape index (κ3) is 5.66. The van der Waals surface area contributed by atoms with E-state index in [4.69, 9.17) is 19.9 Å². The minimum absolute atomic E-state index is 0.596. The van der Waals surface area contributed by atoms with Crippen molar-refractivity contribution in [1.29, 1.82) is 0 Å². The first-order valence-electron chi connectivity index (χ1n) is 21.6. The van der Waals surface area contributed by atoms with E-state index in [0.717, 1.165) is 93.8 Å². The molecule has 0 aliphatic heterocycles. The Kier molecular flexibility index (Phi) is 8.11. The van der Waals surface area contributed by atoms with Crippen molar-refractivity contribution in [1.82, 2.24) is 29.1 Å². The zero-order chi connectivity index (χ0) is 42.1. The van der Waals surface area contributed by atoms with E-state index in [-0.39, 0.29) is 0 Å². The molecule has 0 N–H and O–H groups in total. The molecule has 0 fully saturated rings. The van der Waals surface area contributed by atoms with E-state index in [1.54, 1.807) is 0 Å². The van der Waals surface area contributed by atoms with Gasteiger partial charge in [0.05, 0.1) is 33.3 Å². The summed E-state index contributed by atoms with van der Waals surface area (Å²) in [6, 6.07) is 76.7. The summed E-state index contributed by atoms with van der Waals surface area (Å²) in [5, 5.41) is 8.02. The maximum atomic E-state index is 5.40. The van der Waals surface area contributed by atoms with Gasteiger partial charge in [-0.3, -0.25) is 0 Å². The molecule has 0 unspecified atom stereocenters. The van der Waals surface area contributed by atoms with Crippen LogP contribution >= 0.6 is 0 Å². The van der Waals surface area contributed by atoms with Gasteiger partial charge in [0.25, 0.3) is 0 Å². The number of aromatic nitrogens is 6. The van der Waals surface area contributed by atoms with Gasteiger partial charge in [-0.15, -0.1) is 0 Å². The number of benzene rings is 9. The van der Waals surface area contributed by atoms with Crippen molar-refractivity contribution < 1.29 is 0 Å². The van der Waals surface area contributed by atoms with Gasteiger partial charge in [0.2, 0.25) is 0 Å². The fraction of sp³-hybridized carbons (Fsp3) is 0. The van der Waals surface area contributed by atoms with Gasteiger partial charge in [-0.25, -0.2) is 19.9 Å². The molecule has 4 aromatic heterocycles. The number of hydrogen-bond acceptors (Lipinski definition) is 4. The molecule has 6 heteroatoms. The minimum Gasteiger partial charge on any atom is -0.309 e. The lowest BCUT2D eigenvalue weighted by Crippen LogP contribution is -2.02. The van der Waals surface area contributed by atoms with Crippen LogP contribution in [0.2, 0.25) is 0 Å². The van der Waals surface area contributed by atoms with E-state index in [1.165, 1.54) is 10.8 Å². The molecule has 9 aromatic carbocycles. The highest BCUT2D eigenvalue weighted by Crippen LogP contribution is 2.43. The van der Waals surface area contributed by atoms with Crippen LogP contribution in [0.1, 0.15) is 0 Å². The SMILES string of the molecule is c1ccc(-c2nc(-c3cccc(-n4c5ccccc5c5ccccc54)c3)nc(-c3cccc4c5cc6c(-c7ccccc7)nc7ccccc7c6cc5n(-c5ccccc5)c34)n2)cc1. The Morgan fingerprint density at radius 1 is 0.281 bits per heavy atom. The third-order valence-corrected chi connectivity index (χ3v) is 12.5. The molecule has 0 saturated heterocycles. The van der Waals surface area contributed by atoms with Crippen molar-refractivity contribution in [3.05, 3.63) is 218 Å². The van der Waals surface area contributed by atoms with Crippen LogP contribution in [0.3, 0.4) is 0 Å². The maximum absolute atomic E-state index is 5.40. The van der Waals surface area contributed by atoms with Crippen molar-refractivity contribution in [3.8, 4) is 56.8 Å². The lowest BCUT2D eigenvalue weighted by Gasteiger charge is -2.14. The summed E-state index contributed by atoms with van der Waals surface area (Å²) in [7, 11) is 0. The van der Waals surface area contributed by atoms with Crippen LogP contribution in [0, 0.1) is 0 Å². The normalized spacial score (nSPS) is 11.8. The van der Waals surface area contributed by atoms with Gasteiger partial charge in [0, 0.05) is 65.9 Å². The molecule has 0 bridgehead atoms. The van der Waals surface area contributed by atoms with Crippen LogP contribution in [0.4, 0.5) is 0 Å². The molecule has 64 heavy (non-hydrogen) atoms. The van der Waals surface area contributed by atoms with Gasteiger partial charge in [-0.2, -0.15) is 0 Å². The van der Waals surface area contributed by atoms with Crippen molar-refractivity contribution >= 4 is 65.3 Å². The van der Waals surface area contributed by atoms with E-state index < -0.39 is 0 Å². The fourth-order valence-corrected chi connectivity index (χ4v) is 9.68. The summed E-state index contributed by atoms with van der Waals surface area (Å²) < 4.78 is 4.71. The molecule has 4 heterocycles. The standard InChI is InChI=1S/C58H36N6/c1-4-18-37(19-5-1)54-49-35-48-45-29-17-30-46(55(45)64(40-23-8-3-9-24-40)53(48)36-47(49)42-26-10-13-31-50(42)59-54)58-61-56(38-20-6-2-7-21-38)60-57(62-58)39-22-16-25-41(34-39)63-51-32-14-11-27-43(51)44-28-12-15-33-52(44)63/h1-36H. The summed E-state index contributed by atoms with van der Waals surface area (Å²) in [6.07, 6.45) is 0. The smallest absolute Gasteiger partial charge is 0.166 e. The van der Waals surface area contributed by atoms with Crippen molar-refractivity contribution in [2.75, 3.05) is 0 Å². The molecular weight excluding hydrogens is 781 g/mol. The fourth-order valence-electron chi connectivity index (χ4n) is 9.68. The lowest BCUT2D eigenvalue weighted by molar-refractivity contribution is 1.07. The van der Waals surface area contributed by atoms with Gasteiger partial charge in [-0.1, -0.05) is 158 Å².